The van der Waals surface area contributed by atoms with Crippen molar-refractivity contribution in [3.8, 4) is 11.5 Å². The molecule has 0 aliphatic carbocycles. The van der Waals surface area contributed by atoms with Gasteiger partial charge in [-0.25, -0.2) is 0 Å². The molecule has 1 aromatic carbocycles. The molecule has 0 unspecified atom stereocenters. The Morgan fingerprint density at radius 2 is 2.10 bits per heavy atom. The Kier molecular flexibility index (Phi) is 3.85. The van der Waals surface area contributed by atoms with Crippen LogP contribution in [0.1, 0.15) is 26.1 Å². The highest BCUT2D eigenvalue weighted by Crippen LogP contribution is 2.26. The number of nitrogens with two attached hydrogens (primary N) is 1. The van der Waals surface area contributed by atoms with Crippen molar-refractivity contribution in [1.29, 1.82) is 0 Å². The Morgan fingerprint density at radius 3 is 2.70 bits per heavy atom. The lowest BCUT2D eigenvalue weighted by Gasteiger charge is -2.18. The molecule has 1 aromatic heterocycles. The summed E-state index contributed by atoms with van der Waals surface area (Å²) < 4.78 is 5.14. The van der Waals surface area contributed by atoms with Crippen LogP contribution in [-0.4, -0.2) is 21.6 Å². The Bertz CT molecular complexity index is 614. The summed E-state index contributed by atoms with van der Waals surface area (Å²) in [7, 11) is 0. The maximum Gasteiger partial charge on any atom is 0.260 e. The van der Waals surface area contributed by atoms with Gasteiger partial charge in [0.25, 0.3) is 5.89 Å². The minimum Gasteiger partial charge on any atom is -0.334 e. The molecule has 0 spiro atoms. The van der Waals surface area contributed by atoms with Crippen molar-refractivity contribution in [1.82, 2.24) is 10.1 Å². The van der Waals surface area contributed by atoms with Crippen LogP contribution in [0.2, 0.25) is 0 Å². The van der Waals surface area contributed by atoms with Gasteiger partial charge in [0.1, 0.15) is 0 Å². The summed E-state index contributed by atoms with van der Waals surface area (Å²) in [6.07, 6.45) is 0.226. The highest BCUT2D eigenvalue weighted by Gasteiger charge is 2.18. The van der Waals surface area contributed by atoms with Crippen LogP contribution in [0.25, 0.3) is 11.5 Å². The van der Waals surface area contributed by atoms with E-state index >= 15 is 0 Å². The Morgan fingerprint density at radius 1 is 1.40 bits per heavy atom. The first-order valence-electron chi connectivity index (χ1n) is 6.33. The van der Waals surface area contributed by atoms with Crippen LogP contribution in [0.3, 0.4) is 0 Å². The third kappa shape index (κ3) is 3.64. The second-order valence-electron chi connectivity index (χ2n) is 5.41. The van der Waals surface area contributed by atoms with Crippen molar-refractivity contribution in [2.24, 2.45) is 5.73 Å². The smallest absolute Gasteiger partial charge is 0.260 e. The van der Waals surface area contributed by atoms with Gasteiger partial charge in [-0.2, -0.15) is 4.98 Å². The van der Waals surface area contributed by atoms with Crippen LogP contribution in [0.15, 0.2) is 28.8 Å². The molecule has 2 rings (SSSR count). The van der Waals surface area contributed by atoms with E-state index in [1.165, 1.54) is 0 Å². The molecule has 3 N–H and O–H groups in total. The van der Waals surface area contributed by atoms with Gasteiger partial charge in [0, 0.05) is 12.0 Å². The summed E-state index contributed by atoms with van der Waals surface area (Å²) in [6.45, 7) is 5.35. The summed E-state index contributed by atoms with van der Waals surface area (Å²) in [5.41, 5.74) is 6.61. The van der Waals surface area contributed by atoms with Gasteiger partial charge < -0.3 is 15.6 Å². The zero-order chi connectivity index (χ0) is 14.8. The average Bonchev–Trinajstić information content (AvgIpc) is 2.74. The number of carbonyl (C=O) groups is 1. The standard InChI is InChI=1S/C14H18N4O2/c1-9-16-13(20-18-9)10-6-4-5-7-11(10)17-12(19)8-14(2,3)15/h4-7H,8,15H2,1-3H3,(H,17,19). The second kappa shape index (κ2) is 5.42. The van der Waals surface area contributed by atoms with Crippen molar-refractivity contribution in [2.45, 2.75) is 32.7 Å². The van der Waals surface area contributed by atoms with E-state index < -0.39 is 5.54 Å². The van der Waals surface area contributed by atoms with Gasteiger partial charge in [-0.1, -0.05) is 17.3 Å². The fourth-order valence-corrected chi connectivity index (χ4v) is 1.79. The first kappa shape index (κ1) is 14.2. The lowest BCUT2D eigenvalue weighted by Crippen LogP contribution is -2.36. The zero-order valence-corrected chi connectivity index (χ0v) is 11.8. The molecule has 6 heteroatoms. The van der Waals surface area contributed by atoms with E-state index in [-0.39, 0.29) is 12.3 Å². The Hall–Kier alpha value is -2.21. The topological polar surface area (TPSA) is 94.0 Å². The summed E-state index contributed by atoms with van der Waals surface area (Å²) in [5, 5.41) is 6.58. The van der Waals surface area contributed by atoms with Crippen LogP contribution < -0.4 is 11.1 Å². The average molecular weight is 274 g/mol. The number of hydrogen-bond acceptors (Lipinski definition) is 5. The predicted molar refractivity (Wildman–Crippen MR) is 76.0 cm³/mol. The third-order valence-electron chi connectivity index (χ3n) is 2.58. The van der Waals surface area contributed by atoms with Gasteiger partial charge in [-0.15, -0.1) is 0 Å². The number of amides is 1. The summed E-state index contributed by atoms with van der Waals surface area (Å²) in [4.78, 5) is 16.1. The molecule has 0 bridgehead atoms. The number of nitrogens with one attached hydrogen (secondary N) is 1. The molecule has 0 atom stereocenters. The summed E-state index contributed by atoms with van der Waals surface area (Å²) >= 11 is 0. The number of aromatic nitrogens is 2. The van der Waals surface area contributed by atoms with Gasteiger partial charge >= 0.3 is 0 Å². The maximum absolute atomic E-state index is 12.0. The summed E-state index contributed by atoms with van der Waals surface area (Å²) in [5.74, 6) is 0.774. The Labute approximate surface area is 117 Å². The van der Waals surface area contributed by atoms with Crippen molar-refractivity contribution in [3.05, 3.63) is 30.1 Å². The molecule has 1 amide bonds. The van der Waals surface area contributed by atoms with Gasteiger partial charge in [-0.3, -0.25) is 4.79 Å². The molecule has 0 saturated carbocycles. The predicted octanol–water partition coefficient (Wildman–Crippen LogP) is 2.11. The van der Waals surface area contributed by atoms with Gasteiger partial charge in [0.05, 0.1) is 11.3 Å². The van der Waals surface area contributed by atoms with Crippen LogP contribution in [0.4, 0.5) is 5.69 Å². The van der Waals surface area contributed by atoms with Crippen molar-refractivity contribution < 1.29 is 9.32 Å². The van der Waals surface area contributed by atoms with E-state index in [0.717, 1.165) is 0 Å². The van der Waals surface area contributed by atoms with Crippen LogP contribution in [0, 0.1) is 6.92 Å². The molecular formula is C14H18N4O2. The molecule has 2 aromatic rings. The Balaban J connectivity index is 2.23. The largest absolute Gasteiger partial charge is 0.334 e. The highest BCUT2D eigenvalue weighted by molar-refractivity contribution is 5.95. The minimum absolute atomic E-state index is 0.152. The van der Waals surface area contributed by atoms with Gasteiger partial charge in [-0.05, 0) is 32.9 Å². The number of rotatable bonds is 4. The number of hydrogen-bond donors (Lipinski definition) is 2. The molecular weight excluding hydrogens is 256 g/mol. The van der Waals surface area contributed by atoms with Crippen LogP contribution in [-0.2, 0) is 4.79 Å². The molecule has 0 aliphatic rings. The molecule has 0 fully saturated rings. The van der Waals surface area contributed by atoms with Crippen molar-refractivity contribution in [2.75, 3.05) is 5.32 Å². The van der Waals surface area contributed by atoms with Crippen molar-refractivity contribution >= 4 is 11.6 Å². The monoisotopic (exact) mass is 274 g/mol. The van der Waals surface area contributed by atoms with Gasteiger partial charge in [0.15, 0.2) is 5.82 Å². The van der Waals surface area contributed by atoms with E-state index in [1.54, 1.807) is 26.8 Å². The number of benzene rings is 1. The van der Waals surface area contributed by atoms with E-state index in [2.05, 4.69) is 15.5 Å². The molecule has 106 valence electrons. The quantitative estimate of drug-likeness (QED) is 0.890. The minimum atomic E-state index is -0.555. The fourth-order valence-electron chi connectivity index (χ4n) is 1.79. The number of carbonyl (C=O) groups excluding carboxylic acids is 1. The van der Waals surface area contributed by atoms with E-state index in [1.807, 2.05) is 18.2 Å². The molecule has 6 nitrogen and oxygen atoms in total. The molecule has 0 saturated heterocycles. The number of aryl methyl sites for hydroxylation is 1. The van der Waals surface area contributed by atoms with Crippen LogP contribution in [0.5, 0.6) is 0 Å². The number of nitrogens with zero attached hydrogens (tertiary/aromatic N) is 2. The van der Waals surface area contributed by atoms with E-state index in [0.29, 0.717) is 23.0 Å². The SMILES string of the molecule is Cc1noc(-c2ccccc2NC(=O)CC(C)(C)N)n1. The van der Waals surface area contributed by atoms with E-state index in [9.17, 15) is 4.79 Å². The number of anilines is 1. The normalized spacial score (nSPS) is 11.4. The van der Waals surface area contributed by atoms with Crippen molar-refractivity contribution in [3.63, 3.8) is 0 Å². The first-order valence-corrected chi connectivity index (χ1v) is 6.33. The molecule has 1 heterocycles. The second-order valence-corrected chi connectivity index (χ2v) is 5.41. The van der Waals surface area contributed by atoms with Crippen LogP contribution >= 0.6 is 0 Å². The molecule has 0 aliphatic heterocycles. The molecule has 20 heavy (non-hydrogen) atoms. The third-order valence-corrected chi connectivity index (χ3v) is 2.58. The fraction of sp³-hybridized carbons (Fsp3) is 0.357. The summed E-state index contributed by atoms with van der Waals surface area (Å²) in [6, 6.07) is 7.28. The lowest BCUT2D eigenvalue weighted by molar-refractivity contribution is -0.117. The first-order chi connectivity index (χ1) is 9.35. The maximum atomic E-state index is 12.0. The highest BCUT2D eigenvalue weighted by atomic mass is 16.5. The number of para-hydroxylation sites is 1. The molecule has 0 radical (unpaired) electrons. The van der Waals surface area contributed by atoms with Gasteiger partial charge in [0.2, 0.25) is 5.91 Å². The zero-order valence-electron chi connectivity index (χ0n) is 11.8. The lowest BCUT2D eigenvalue weighted by atomic mass is 10.0. The van der Waals surface area contributed by atoms with E-state index in [4.69, 9.17) is 10.3 Å².